The van der Waals surface area contributed by atoms with Crippen LogP contribution in [0.1, 0.15) is 25.3 Å². The van der Waals surface area contributed by atoms with E-state index in [-0.39, 0.29) is 11.3 Å². The topological polar surface area (TPSA) is 17.1 Å². The Morgan fingerprint density at radius 3 is 2.50 bits per heavy atom. The van der Waals surface area contributed by atoms with E-state index in [0.29, 0.717) is 12.8 Å². The predicted molar refractivity (Wildman–Crippen MR) is 48.0 cm³/mol. The molecule has 14 heavy (non-hydrogen) atoms. The minimum Gasteiger partial charge on any atom is -0.299 e. The van der Waals surface area contributed by atoms with Gasteiger partial charge in [-0.15, -0.1) is 0 Å². The summed E-state index contributed by atoms with van der Waals surface area (Å²) in [6.45, 7) is 1.43. The molecule has 0 amide bonds. The summed E-state index contributed by atoms with van der Waals surface area (Å²) in [6.07, 6.45) is 1.26. The highest BCUT2D eigenvalue weighted by Crippen LogP contribution is 2.49. The van der Waals surface area contributed by atoms with Crippen molar-refractivity contribution in [3.8, 4) is 0 Å². The molecule has 1 aliphatic rings. The molecule has 1 fully saturated rings. The Morgan fingerprint density at radius 2 is 2.00 bits per heavy atom. The molecule has 1 nitrogen and oxygen atoms in total. The predicted octanol–water partition coefficient (Wildman–Crippen LogP) is 2.59. The van der Waals surface area contributed by atoms with Crippen LogP contribution in [0.3, 0.4) is 0 Å². The van der Waals surface area contributed by atoms with Crippen molar-refractivity contribution < 1.29 is 13.6 Å². The molecule has 0 N–H and O–H groups in total. The molecule has 2 rings (SSSR count). The Morgan fingerprint density at radius 1 is 1.36 bits per heavy atom. The molecule has 3 heteroatoms. The van der Waals surface area contributed by atoms with E-state index in [0.717, 1.165) is 6.07 Å². The van der Waals surface area contributed by atoms with Gasteiger partial charge >= 0.3 is 0 Å². The van der Waals surface area contributed by atoms with Crippen LogP contribution in [0.2, 0.25) is 0 Å². The van der Waals surface area contributed by atoms with Gasteiger partial charge in [0.1, 0.15) is 5.78 Å². The third-order valence-corrected chi connectivity index (χ3v) is 2.89. The number of carbonyl (C=O) groups is 1. The SMILES string of the molecule is CC(=O)C1(c2cccc(F)c2F)CC1. The van der Waals surface area contributed by atoms with Crippen molar-refractivity contribution in [2.75, 3.05) is 0 Å². The zero-order valence-corrected chi connectivity index (χ0v) is 7.81. The van der Waals surface area contributed by atoms with E-state index in [1.165, 1.54) is 19.1 Å². The van der Waals surface area contributed by atoms with Gasteiger partial charge in [0, 0.05) is 5.56 Å². The highest BCUT2D eigenvalue weighted by atomic mass is 19.2. The second-order valence-electron chi connectivity index (χ2n) is 3.74. The summed E-state index contributed by atoms with van der Waals surface area (Å²) in [6, 6.07) is 4.00. The van der Waals surface area contributed by atoms with Crippen LogP contribution in [0.5, 0.6) is 0 Å². The van der Waals surface area contributed by atoms with Gasteiger partial charge in [0.05, 0.1) is 5.41 Å². The highest BCUT2D eigenvalue weighted by Gasteiger charge is 2.50. The van der Waals surface area contributed by atoms with Crippen molar-refractivity contribution >= 4 is 5.78 Å². The van der Waals surface area contributed by atoms with Gasteiger partial charge in [0.2, 0.25) is 0 Å². The van der Waals surface area contributed by atoms with Crippen molar-refractivity contribution in [1.82, 2.24) is 0 Å². The molecule has 1 aromatic carbocycles. The van der Waals surface area contributed by atoms with Crippen LogP contribution in [0.15, 0.2) is 18.2 Å². The fraction of sp³-hybridized carbons (Fsp3) is 0.364. The molecule has 0 spiro atoms. The van der Waals surface area contributed by atoms with Crippen LogP contribution in [-0.4, -0.2) is 5.78 Å². The normalized spacial score (nSPS) is 17.9. The lowest BCUT2D eigenvalue weighted by atomic mass is 9.91. The fourth-order valence-corrected chi connectivity index (χ4v) is 1.81. The summed E-state index contributed by atoms with van der Waals surface area (Å²) in [5, 5.41) is 0. The zero-order chi connectivity index (χ0) is 10.3. The lowest BCUT2D eigenvalue weighted by Gasteiger charge is -2.12. The average molecular weight is 196 g/mol. The van der Waals surface area contributed by atoms with E-state index in [1.807, 2.05) is 0 Å². The van der Waals surface area contributed by atoms with Crippen LogP contribution in [0, 0.1) is 11.6 Å². The van der Waals surface area contributed by atoms with Crippen LogP contribution in [0.4, 0.5) is 8.78 Å². The smallest absolute Gasteiger partial charge is 0.163 e. The summed E-state index contributed by atoms with van der Waals surface area (Å²) in [4.78, 5) is 11.3. The van der Waals surface area contributed by atoms with E-state index < -0.39 is 17.0 Å². The van der Waals surface area contributed by atoms with E-state index in [4.69, 9.17) is 0 Å². The number of ketones is 1. The van der Waals surface area contributed by atoms with Crippen molar-refractivity contribution in [3.63, 3.8) is 0 Å². The van der Waals surface area contributed by atoms with Gasteiger partial charge in [0.25, 0.3) is 0 Å². The molecule has 0 unspecified atom stereocenters. The van der Waals surface area contributed by atoms with E-state index in [1.54, 1.807) is 0 Å². The molecule has 0 radical (unpaired) electrons. The quantitative estimate of drug-likeness (QED) is 0.710. The van der Waals surface area contributed by atoms with Gasteiger partial charge < -0.3 is 0 Å². The molecule has 74 valence electrons. The van der Waals surface area contributed by atoms with Gasteiger partial charge in [-0.3, -0.25) is 4.79 Å². The fourth-order valence-electron chi connectivity index (χ4n) is 1.81. The molecule has 0 aromatic heterocycles. The number of hydrogen-bond acceptors (Lipinski definition) is 1. The maximum atomic E-state index is 13.4. The number of hydrogen-bond donors (Lipinski definition) is 0. The molecule has 0 saturated heterocycles. The van der Waals surface area contributed by atoms with Gasteiger partial charge in [0.15, 0.2) is 11.6 Å². The zero-order valence-electron chi connectivity index (χ0n) is 7.81. The Hall–Kier alpha value is -1.25. The molecule has 0 aliphatic heterocycles. The first-order chi connectivity index (χ1) is 6.58. The third kappa shape index (κ3) is 1.15. The maximum Gasteiger partial charge on any atom is 0.163 e. The first-order valence-corrected chi connectivity index (χ1v) is 4.53. The Labute approximate surface area is 80.7 Å². The van der Waals surface area contributed by atoms with Crippen LogP contribution >= 0.6 is 0 Å². The molecule has 1 aromatic rings. The van der Waals surface area contributed by atoms with E-state index >= 15 is 0 Å². The maximum absolute atomic E-state index is 13.4. The Kier molecular flexibility index (Phi) is 1.91. The van der Waals surface area contributed by atoms with E-state index in [2.05, 4.69) is 0 Å². The van der Waals surface area contributed by atoms with Crippen molar-refractivity contribution in [2.24, 2.45) is 0 Å². The first-order valence-electron chi connectivity index (χ1n) is 4.53. The second kappa shape index (κ2) is 2.87. The summed E-state index contributed by atoms with van der Waals surface area (Å²) >= 11 is 0. The van der Waals surface area contributed by atoms with Gasteiger partial charge in [-0.05, 0) is 25.8 Å². The van der Waals surface area contributed by atoms with Crippen molar-refractivity contribution in [1.29, 1.82) is 0 Å². The molecule has 0 heterocycles. The Bertz CT molecular complexity index is 394. The molecule has 0 atom stereocenters. The first kappa shape index (κ1) is 9.31. The van der Waals surface area contributed by atoms with Gasteiger partial charge in [-0.2, -0.15) is 0 Å². The third-order valence-electron chi connectivity index (χ3n) is 2.89. The van der Waals surface area contributed by atoms with Gasteiger partial charge in [-0.25, -0.2) is 8.78 Å². The number of benzene rings is 1. The largest absolute Gasteiger partial charge is 0.299 e. The summed E-state index contributed by atoms with van der Waals surface area (Å²) < 4.78 is 26.3. The summed E-state index contributed by atoms with van der Waals surface area (Å²) in [5.41, 5.74) is -0.517. The molecule has 0 bridgehead atoms. The number of halogens is 2. The minimum atomic E-state index is -0.880. The lowest BCUT2D eigenvalue weighted by Crippen LogP contribution is -2.19. The summed E-state index contributed by atoms with van der Waals surface area (Å²) in [7, 11) is 0. The van der Waals surface area contributed by atoms with Gasteiger partial charge in [-0.1, -0.05) is 12.1 Å². The highest BCUT2D eigenvalue weighted by molar-refractivity contribution is 5.91. The standard InChI is InChI=1S/C11H10F2O/c1-7(14)11(5-6-11)8-3-2-4-9(12)10(8)13/h2-4H,5-6H2,1H3. The summed E-state index contributed by atoms with van der Waals surface area (Å²) in [5.74, 6) is -1.84. The van der Waals surface area contributed by atoms with Crippen molar-refractivity contribution in [2.45, 2.75) is 25.2 Å². The number of carbonyl (C=O) groups excluding carboxylic acids is 1. The van der Waals surface area contributed by atoms with E-state index in [9.17, 15) is 13.6 Å². The molecule has 1 saturated carbocycles. The van der Waals surface area contributed by atoms with Crippen LogP contribution in [-0.2, 0) is 10.2 Å². The Balaban J connectivity index is 2.52. The monoisotopic (exact) mass is 196 g/mol. The minimum absolute atomic E-state index is 0.0815. The van der Waals surface area contributed by atoms with Crippen LogP contribution < -0.4 is 0 Å². The molecular weight excluding hydrogens is 186 g/mol. The number of Topliss-reactive ketones (excluding diaryl/α,β-unsaturated/α-hetero) is 1. The van der Waals surface area contributed by atoms with Crippen molar-refractivity contribution in [3.05, 3.63) is 35.4 Å². The second-order valence-corrected chi connectivity index (χ2v) is 3.74. The average Bonchev–Trinajstić information content (AvgIpc) is 2.90. The molecule has 1 aliphatic carbocycles. The van der Waals surface area contributed by atoms with Crippen LogP contribution in [0.25, 0.3) is 0 Å². The number of rotatable bonds is 2. The molecular formula is C11H10F2O. The lowest BCUT2D eigenvalue weighted by molar-refractivity contribution is -0.119.